The summed E-state index contributed by atoms with van der Waals surface area (Å²) in [6, 6.07) is 3.96. The molecule has 0 aliphatic carbocycles. The van der Waals surface area contributed by atoms with E-state index in [1.54, 1.807) is 14.2 Å². The van der Waals surface area contributed by atoms with Crippen LogP contribution in [-0.2, 0) is 11.3 Å². The first kappa shape index (κ1) is 20.8. The van der Waals surface area contributed by atoms with Gasteiger partial charge in [-0.2, -0.15) is 0 Å². The van der Waals surface area contributed by atoms with Crippen LogP contribution in [0.2, 0.25) is 0 Å². The lowest BCUT2D eigenvalue weighted by Gasteiger charge is -2.34. The van der Waals surface area contributed by atoms with E-state index in [0.29, 0.717) is 6.54 Å². The molecule has 0 bridgehead atoms. The van der Waals surface area contributed by atoms with E-state index in [4.69, 9.17) is 14.2 Å². The second kappa shape index (κ2) is 8.95. The number of benzene rings is 1. The summed E-state index contributed by atoms with van der Waals surface area (Å²) in [5.41, 5.74) is 0.521. The van der Waals surface area contributed by atoms with Gasteiger partial charge in [-0.1, -0.05) is 15.9 Å². The first-order chi connectivity index (χ1) is 12.2. The number of methoxy groups -OCH3 is 2. The Morgan fingerprint density at radius 2 is 1.88 bits per heavy atom. The highest BCUT2D eigenvalue weighted by atomic mass is 79.9. The first-order valence-corrected chi connectivity index (χ1v) is 9.63. The number of carbonyl (C=O) groups is 1. The van der Waals surface area contributed by atoms with Crippen LogP contribution in [0.5, 0.6) is 11.5 Å². The van der Waals surface area contributed by atoms with Crippen LogP contribution >= 0.6 is 15.9 Å². The van der Waals surface area contributed by atoms with E-state index in [1.807, 2.05) is 32.9 Å². The molecular formula is C19H29BrN2O4. The second-order valence-corrected chi connectivity index (χ2v) is 8.43. The van der Waals surface area contributed by atoms with Gasteiger partial charge in [-0.05, 0) is 52.3 Å². The van der Waals surface area contributed by atoms with Crippen LogP contribution in [0.15, 0.2) is 16.6 Å². The van der Waals surface area contributed by atoms with Crippen molar-refractivity contribution in [3.63, 3.8) is 0 Å². The number of hydrogen-bond donors (Lipinski definition) is 1. The number of amides is 1. The third kappa shape index (κ3) is 6.06. The average Bonchev–Trinajstić information content (AvgIpc) is 2.54. The molecule has 1 unspecified atom stereocenters. The van der Waals surface area contributed by atoms with Gasteiger partial charge in [0.2, 0.25) is 0 Å². The van der Waals surface area contributed by atoms with Gasteiger partial charge < -0.3 is 19.5 Å². The van der Waals surface area contributed by atoms with Gasteiger partial charge in [0.15, 0.2) is 0 Å². The molecule has 6 nitrogen and oxygen atoms in total. The Kier molecular flexibility index (Phi) is 7.17. The molecule has 0 aromatic heterocycles. The summed E-state index contributed by atoms with van der Waals surface area (Å²) < 4.78 is 17.3. The molecule has 26 heavy (non-hydrogen) atoms. The minimum absolute atomic E-state index is 0.0750. The van der Waals surface area contributed by atoms with Gasteiger partial charge in [0.25, 0.3) is 0 Å². The number of rotatable bonds is 5. The molecule has 7 heteroatoms. The molecule has 1 aliphatic rings. The lowest BCUT2D eigenvalue weighted by atomic mass is 10.0. The minimum atomic E-state index is -0.489. The highest BCUT2D eigenvalue weighted by molar-refractivity contribution is 9.10. The van der Waals surface area contributed by atoms with Gasteiger partial charge in [0.1, 0.15) is 17.1 Å². The van der Waals surface area contributed by atoms with Crippen LogP contribution in [0.25, 0.3) is 0 Å². The largest absolute Gasteiger partial charge is 0.496 e. The van der Waals surface area contributed by atoms with Crippen molar-refractivity contribution in [1.82, 2.24) is 10.2 Å². The number of nitrogens with one attached hydrogen (secondary N) is 1. The van der Waals surface area contributed by atoms with Crippen molar-refractivity contribution in [1.29, 1.82) is 0 Å². The fraction of sp³-hybridized carbons (Fsp3) is 0.632. The molecule has 0 saturated carbocycles. The molecule has 1 aromatic carbocycles. The lowest BCUT2D eigenvalue weighted by Crippen LogP contribution is -2.48. The van der Waals surface area contributed by atoms with Crippen molar-refractivity contribution < 1.29 is 19.0 Å². The molecule has 1 aliphatic heterocycles. The lowest BCUT2D eigenvalue weighted by molar-refractivity contribution is 0.0469. The molecule has 2 rings (SSSR count). The third-order valence-corrected chi connectivity index (χ3v) is 4.64. The zero-order valence-corrected chi connectivity index (χ0v) is 17.8. The van der Waals surface area contributed by atoms with Crippen molar-refractivity contribution in [2.24, 2.45) is 0 Å². The van der Waals surface area contributed by atoms with Crippen LogP contribution in [-0.4, -0.2) is 49.9 Å². The van der Waals surface area contributed by atoms with Crippen molar-refractivity contribution in [3.05, 3.63) is 22.2 Å². The maximum atomic E-state index is 12.0. The number of piperidine rings is 1. The number of carbonyl (C=O) groups excluding carboxylic acids is 1. The summed E-state index contributed by atoms with van der Waals surface area (Å²) in [5.74, 6) is 1.58. The van der Waals surface area contributed by atoms with E-state index in [9.17, 15) is 4.79 Å². The fourth-order valence-corrected chi connectivity index (χ4v) is 3.54. The van der Waals surface area contributed by atoms with E-state index in [2.05, 4.69) is 26.1 Å². The Labute approximate surface area is 164 Å². The molecule has 1 atom stereocenters. The standard InChI is InChI=1S/C19H29BrN2O4/c1-19(2,3)26-18(23)21-14-7-6-8-22(11-14)12-15-16(24-4)9-13(20)10-17(15)25-5/h9-10,14H,6-8,11-12H2,1-5H3,(H,21,23). The van der Waals surface area contributed by atoms with Crippen molar-refractivity contribution in [3.8, 4) is 11.5 Å². The summed E-state index contributed by atoms with van der Waals surface area (Å²) in [6.45, 7) is 8.03. The number of nitrogens with zero attached hydrogens (tertiary/aromatic N) is 1. The molecule has 1 aromatic rings. The molecule has 1 heterocycles. The summed E-state index contributed by atoms with van der Waals surface area (Å²) in [5, 5.41) is 2.98. The van der Waals surface area contributed by atoms with E-state index >= 15 is 0 Å². The molecule has 1 saturated heterocycles. The van der Waals surface area contributed by atoms with Crippen molar-refractivity contribution in [2.45, 2.75) is 51.8 Å². The Morgan fingerprint density at radius 1 is 1.27 bits per heavy atom. The molecule has 146 valence electrons. The maximum Gasteiger partial charge on any atom is 0.407 e. The van der Waals surface area contributed by atoms with Crippen LogP contribution in [0.1, 0.15) is 39.2 Å². The zero-order valence-electron chi connectivity index (χ0n) is 16.2. The number of ether oxygens (including phenoxy) is 3. The Bertz CT molecular complexity index is 605. The van der Waals surface area contributed by atoms with E-state index in [0.717, 1.165) is 47.5 Å². The predicted molar refractivity (Wildman–Crippen MR) is 105 cm³/mol. The van der Waals surface area contributed by atoms with E-state index < -0.39 is 5.60 Å². The van der Waals surface area contributed by atoms with Gasteiger partial charge in [-0.15, -0.1) is 0 Å². The smallest absolute Gasteiger partial charge is 0.407 e. The SMILES string of the molecule is COc1cc(Br)cc(OC)c1CN1CCCC(NC(=O)OC(C)(C)C)C1. The highest BCUT2D eigenvalue weighted by Crippen LogP contribution is 2.34. The fourth-order valence-electron chi connectivity index (χ4n) is 3.12. The maximum absolute atomic E-state index is 12.0. The monoisotopic (exact) mass is 428 g/mol. The van der Waals surface area contributed by atoms with Crippen molar-refractivity contribution in [2.75, 3.05) is 27.3 Å². The van der Waals surface area contributed by atoms with Gasteiger partial charge >= 0.3 is 6.09 Å². The van der Waals surface area contributed by atoms with Crippen LogP contribution < -0.4 is 14.8 Å². The van der Waals surface area contributed by atoms with Crippen LogP contribution in [0, 0.1) is 0 Å². The molecule has 1 N–H and O–H groups in total. The summed E-state index contributed by atoms with van der Waals surface area (Å²) in [4.78, 5) is 14.3. The highest BCUT2D eigenvalue weighted by Gasteiger charge is 2.25. The average molecular weight is 429 g/mol. The first-order valence-electron chi connectivity index (χ1n) is 8.84. The van der Waals surface area contributed by atoms with E-state index in [-0.39, 0.29) is 12.1 Å². The van der Waals surface area contributed by atoms with Gasteiger partial charge in [0, 0.05) is 23.6 Å². The molecule has 0 spiro atoms. The Morgan fingerprint density at radius 3 is 2.42 bits per heavy atom. The molecule has 1 fully saturated rings. The molecule has 1 amide bonds. The Balaban J connectivity index is 2.03. The summed E-state index contributed by atoms with van der Waals surface area (Å²) in [7, 11) is 3.32. The molecular weight excluding hydrogens is 400 g/mol. The minimum Gasteiger partial charge on any atom is -0.496 e. The predicted octanol–water partition coefficient (Wildman–Crippen LogP) is 3.96. The summed E-state index contributed by atoms with van der Waals surface area (Å²) >= 11 is 3.48. The number of likely N-dealkylation sites (tertiary alicyclic amines) is 1. The van der Waals surface area contributed by atoms with Gasteiger partial charge in [-0.25, -0.2) is 4.79 Å². The number of halogens is 1. The quantitative estimate of drug-likeness (QED) is 0.768. The van der Waals surface area contributed by atoms with E-state index in [1.165, 1.54) is 0 Å². The number of alkyl carbamates (subject to hydrolysis) is 1. The summed E-state index contributed by atoms with van der Waals surface area (Å²) in [6.07, 6.45) is 1.61. The normalized spacial score (nSPS) is 18.3. The third-order valence-electron chi connectivity index (χ3n) is 4.18. The Hall–Kier alpha value is -1.47. The van der Waals surface area contributed by atoms with Crippen LogP contribution in [0.3, 0.4) is 0 Å². The zero-order chi connectivity index (χ0) is 19.3. The topological polar surface area (TPSA) is 60.0 Å². The molecule has 0 radical (unpaired) electrons. The second-order valence-electron chi connectivity index (χ2n) is 7.51. The van der Waals surface area contributed by atoms with Crippen molar-refractivity contribution >= 4 is 22.0 Å². The van der Waals surface area contributed by atoms with Gasteiger partial charge in [0.05, 0.1) is 19.8 Å². The van der Waals surface area contributed by atoms with Crippen LogP contribution in [0.4, 0.5) is 4.79 Å². The van der Waals surface area contributed by atoms with Gasteiger partial charge in [-0.3, -0.25) is 4.90 Å². The number of hydrogen-bond acceptors (Lipinski definition) is 5.